The predicted molar refractivity (Wildman–Crippen MR) is 73.0 cm³/mol. The van der Waals surface area contributed by atoms with Gasteiger partial charge < -0.3 is 20.9 Å². The molecule has 0 fully saturated rings. The second-order valence-corrected chi connectivity index (χ2v) is 3.95. The Hall–Kier alpha value is -1.78. The number of ether oxygens (including phenoxy) is 2. The van der Waals surface area contributed by atoms with Gasteiger partial charge in [-0.2, -0.15) is 0 Å². The SMILES string of the molecule is NCCOc1ccc2ccc(OCCN)cc2c1. The van der Waals surface area contributed by atoms with E-state index in [1.54, 1.807) is 0 Å². The number of rotatable bonds is 6. The van der Waals surface area contributed by atoms with Gasteiger partial charge in [-0.15, -0.1) is 0 Å². The number of fused-ring (bicyclic) bond motifs is 1. The number of benzene rings is 2. The molecule has 0 heterocycles. The zero-order chi connectivity index (χ0) is 12.8. The van der Waals surface area contributed by atoms with Crippen LogP contribution in [-0.4, -0.2) is 26.3 Å². The predicted octanol–water partition coefficient (Wildman–Crippen LogP) is 1.51. The van der Waals surface area contributed by atoms with Gasteiger partial charge >= 0.3 is 0 Å². The first-order valence-corrected chi connectivity index (χ1v) is 6.03. The molecule has 0 aliphatic heterocycles. The molecular formula is C14H18N2O2. The monoisotopic (exact) mass is 246 g/mol. The van der Waals surface area contributed by atoms with Gasteiger partial charge in [-0.3, -0.25) is 0 Å². The van der Waals surface area contributed by atoms with Crippen LogP contribution < -0.4 is 20.9 Å². The minimum absolute atomic E-state index is 0.512. The summed E-state index contributed by atoms with van der Waals surface area (Å²) in [5.74, 6) is 1.65. The van der Waals surface area contributed by atoms with Crippen molar-refractivity contribution in [2.45, 2.75) is 0 Å². The molecule has 0 saturated heterocycles. The molecule has 0 bridgehead atoms. The highest BCUT2D eigenvalue weighted by Crippen LogP contribution is 2.25. The molecule has 0 aliphatic rings. The fraction of sp³-hybridized carbons (Fsp3) is 0.286. The first-order chi connectivity index (χ1) is 8.83. The molecule has 0 atom stereocenters. The lowest BCUT2D eigenvalue weighted by Crippen LogP contribution is -2.10. The van der Waals surface area contributed by atoms with Crippen LogP contribution in [0.4, 0.5) is 0 Å². The van der Waals surface area contributed by atoms with Crippen LogP contribution in [0.25, 0.3) is 10.8 Å². The molecule has 2 rings (SSSR count). The summed E-state index contributed by atoms with van der Waals surface area (Å²) in [5.41, 5.74) is 10.8. The summed E-state index contributed by atoms with van der Waals surface area (Å²) in [5, 5.41) is 2.23. The molecule has 4 N–H and O–H groups in total. The second-order valence-electron chi connectivity index (χ2n) is 3.95. The third kappa shape index (κ3) is 3.12. The van der Waals surface area contributed by atoms with Crippen molar-refractivity contribution >= 4 is 10.8 Å². The summed E-state index contributed by atoms with van der Waals surface area (Å²) >= 11 is 0. The van der Waals surface area contributed by atoms with Crippen molar-refractivity contribution in [2.75, 3.05) is 26.3 Å². The highest BCUT2D eigenvalue weighted by Gasteiger charge is 2.00. The summed E-state index contributed by atoms with van der Waals surface area (Å²) in [4.78, 5) is 0. The van der Waals surface area contributed by atoms with Crippen LogP contribution in [0.3, 0.4) is 0 Å². The third-order valence-corrected chi connectivity index (χ3v) is 2.56. The quantitative estimate of drug-likeness (QED) is 0.810. The van der Waals surface area contributed by atoms with Gasteiger partial charge in [-0.1, -0.05) is 12.1 Å². The summed E-state index contributed by atoms with van der Waals surface area (Å²) in [6.45, 7) is 2.07. The third-order valence-electron chi connectivity index (χ3n) is 2.56. The Balaban J connectivity index is 2.22. The molecule has 0 aromatic heterocycles. The van der Waals surface area contributed by atoms with Crippen LogP contribution in [0, 0.1) is 0 Å². The van der Waals surface area contributed by atoms with Crippen molar-refractivity contribution in [3.05, 3.63) is 36.4 Å². The van der Waals surface area contributed by atoms with Crippen molar-refractivity contribution < 1.29 is 9.47 Å². The van der Waals surface area contributed by atoms with Crippen LogP contribution in [-0.2, 0) is 0 Å². The first kappa shape index (κ1) is 12.7. The summed E-state index contributed by atoms with van der Waals surface area (Å²) < 4.78 is 11.0. The van der Waals surface area contributed by atoms with E-state index in [4.69, 9.17) is 20.9 Å². The highest BCUT2D eigenvalue weighted by atomic mass is 16.5. The van der Waals surface area contributed by atoms with Crippen molar-refractivity contribution in [3.63, 3.8) is 0 Å². The Bertz CT molecular complexity index is 471. The largest absolute Gasteiger partial charge is 0.492 e. The van der Waals surface area contributed by atoms with Gasteiger partial charge in [-0.25, -0.2) is 0 Å². The second kappa shape index (κ2) is 6.23. The van der Waals surface area contributed by atoms with E-state index in [0.717, 1.165) is 22.3 Å². The average Bonchev–Trinajstić information content (AvgIpc) is 2.42. The Morgan fingerprint density at radius 2 is 1.22 bits per heavy atom. The molecule has 0 spiro atoms. The summed E-state index contributed by atoms with van der Waals surface area (Å²) in [6.07, 6.45) is 0. The lowest BCUT2D eigenvalue weighted by Gasteiger charge is -2.08. The molecule has 0 saturated carbocycles. The van der Waals surface area contributed by atoms with Crippen LogP contribution in [0.2, 0.25) is 0 Å². The average molecular weight is 246 g/mol. The van der Waals surface area contributed by atoms with E-state index < -0.39 is 0 Å². The summed E-state index contributed by atoms with van der Waals surface area (Å²) in [7, 11) is 0. The standard InChI is InChI=1S/C14H18N2O2/c15-5-7-17-13-3-1-11-2-4-14(18-8-6-16)10-12(11)9-13/h1-4,9-10H,5-8,15-16H2. The van der Waals surface area contributed by atoms with Crippen molar-refractivity contribution in [2.24, 2.45) is 11.5 Å². The zero-order valence-corrected chi connectivity index (χ0v) is 10.3. The van der Waals surface area contributed by atoms with Crippen molar-refractivity contribution in [1.82, 2.24) is 0 Å². The summed E-state index contributed by atoms with van der Waals surface area (Å²) in [6, 6.07) is 11.9. The number of hydrogen-bond acceptors (Lipinski definition) is 4. The molecule has 4 heteroatoms. The van der Waals surface area contributed by atoms with Crippen LogP contribution in [0.1, 0.15) is 0 Å². The Morgan fingerprint density at radius 3 is 1.67 bits per heavy atom. The highest BCUT2D eigenvalue weighted by molar-refractivity contribution is 5.85. The van der Waals surface area contributed by atoms with Gasteiger partial charge in [0.25, 0.3) is 0 Å². The van der Waals surface area contributed by atoms with E-state index >= 15 is 0 Å². The van der Waals surface area contributed by atoms with Gasteiger partial charge in [0.1, 0.15) is 24.7 Å². The van der Waals surface area contributed by atoms with Crippen LogP contribution in [0.5, 0.6) is 11.5 Å². The van der Waals surface area contributed by atoms with Gasteiger partial charge in [0, 0.05) is 13.1 Å². The van der Waals surface area contributed by atoms with Gasteiger partial charge in [0.15, 0.2) is 0 Å². The van der Waals surface area contributed by atoms with Crippen molar-refractivity contribution in [3.8, 4) is 11.5 Å². The lowest BCUT2D eigenvalue weighted by atomic mass is 10.1. The molecule has 2 aromatic rings. The number of hydrogen-bond donors (Lipinski definition) is 2. The molecule has 0 radical (unpaired) electrons. The Kier molecular flexibility index (Phi) is 4.39. The van der Waals surface area contributed by atoms with E-state index in [1.807, 2.05) is 36.4 Å². The molecule has 18 heavy (non-hydrogen) atoms. The number of nitrogens with two attached hydrogens (primary N) is 2. The Labute approximate surface area is 106 Å². The molecule has 0 amide bonds. The van der Waals surface area contributed by atoms with E-state index in [0.29, 0.717) is 26.3 Å². The molecule has 96 valence electrons. The van der Waals surface area contributed by atoms with Crippen molar-refractivity contribution in [1.29, 1.82) is 0 Å². The maximum absolute atomic E-state index is 5.50. The van der Waals surface area contributed by atoms with E-state index in [1.165, 1.54) is 0 Å². The minimum atomic E-state index is 0.512. The normalized spacial score (nSPS) is 10.6. The molecule has 0 unspecified atom stereocenters. The van der Waals surface area contributed by atoms with E-state index in [-0.39, 0.29) is 0 Å². The van der Waals surface area contributed by atoms with Crippen LogP contribution in [0.15, 0.2) is 36.4 Å². The first-order valence-electron chi connectivity index (χ1n) is 6.03. The lowest BCUT2D eigenvalue weighted by molar-refractivity contribution is 0.327. The fourth-order valence-electron chi connectivity index (χ4n) is 1.74. The molecular weight excluding hydrogens is 228 g/mol. The Morgan fingerprint density at radius 1 is 0.722 bits per heavy atom. The molecule has 0 aliphatic carbocycles. The smallest absolute Gasteiger partial charge is 0.120 e. The maximum atomic E-state index is 5.50. The fourth-order valence-corrected chi connectivity index (χ4v) is 1.74. The molecule has 2 aromatic carbocycles. The van der Waals surface area contributed by atoms with E-state index in [9.17, 15) is 0 Å². The minimum Gasteiger partial charge on any atom is -0.492 e. The zero-order valence-electron chi connectivity index (χ0n) is 10.3. The molecule has 4 nitrogen and oxygen atoms in total. The van der Waals surface area contributed by atoms with Crippen LogP contribution >= 0.6 is 0 Å². The van der Waals surface area contributed by atoms with Gasteiger partial charge in [0.05, 0.1) is 0 Å². The van der Waals surface area contributed by atoms with Gasteiger partial charge in [0.2, 0.25) is 0 Å². The topological polar surface area (TPSA) is 70.5 Å². The van der Waals surface area contributed by atoms with Gasteiger partial charge in [-0.05, 0) is 35.0 Å². The maximum Gasteiger partial charge on any atom is 0.120 e. The van der Waals surface area contributed by atoms with E-state index in [2.05, 4.69) is 0 Å².